The highest BCUT2D eigenvalue weighted by molar-refractivity contribution is 6.06. The predicted molar refractivity (Wildman–Crippen MR) is 128 cm³/mol. The van der Waals surface area contributed by atoms with E-state index in [0.29, 0.717) is 22.2 Å². The third-order valence-corrected chi connectivity index (χ3v) is 5.68. The Labute approximate surface area is 188 Å². The zero-order valence-corrected chi connectivity index (χ0v) is 18.1. The molecule has 8 nitrogen and oxygen atoms in total. The molecule has 5 aromatic rings. The molecular formula is C25H21N5O3. The number of anilines is 1. The molecule has 0 unspecified atom stereocenters. The Bertz CT molecular complexity index is 1640. The topological polar surface area (TPSA) is 101 Å². The molecule has 0 atom stereocenters. The van der Waals surface area contributed by atoms with Gasteiger partial charge in [-0.25, -0.2) is 9.78 Å². The highest BCUT2D eigenvalue weighted by Crippen LogP contribution is 2.23. The van der Waals surface area contributed by atoms with E-state index in [1.165, 1.54) is 6.07 Å². The van der Waals surface area contributed by atoms with Crippen molar-refractivity contribution in [2.45, 2.75) is 20.4 Å². The van der Waals surface area contributed by atoms with Gasteiger partial charge in [0.1, 0.15) is 5.65 Å². The fourth-order valence-corrected chi connectivity index (χ4v) is 3.90. The fourth-order valence-electron chi connectivity index (χ4n) is 3.90. The lowest BCUT2D eigenvalue weighted by molar-refractivity contribution is 0.102. The number of fused-ring (bicyclic) bond motifs is 2. The zero-order valence-electron chi connectivity index (χ0n) is 18.1. The third-order valence-electron chi connectivity index (χ3n) is 5.68. The van der Waals surface area contributed by atoms with Gasteiger partial charge >= 0.3 is 5.69 Å². The quantitative estimate of drug-likeness (QED) is 0.447. The first-order chi connectivity index (χ1) is 15.9. The van der Waals surface area contributed by atoms with Gasteiger partial charge in [-0.3, -0.25) is 14.2 Å². The highest BCUT2D eigenvalue weighted by Gasteiger charge is 2.12. The standard InChI is InChI=1S/C25H21N5O3/c1-3-30-24(32)19-11-8-17(13-20(19)28-25(30)33)23(31)26-18-9-6-16(7-10-18)21-14-29-12-4-5-15(2)22(29)27-21/h4-14H,3H2,1-2H3,(H,26,31)(H,28,33). The number of carbonyl (C=O) groups excluding carboxylic acids is 1. The van der Waals surface area contributed by atoms with Crippen LogP contribution in [0.5, 0.6) is 0 Å². The number of hydrogen-bond acceptors (Lipinski definition) is 4. The Morgan fingerprint density at radius 2 is 1.88 bits per heavy atom. The van der Waals surface area contributed by atoms with Crippen LogP contribution in [0.25, 0.3) is 27.8 Å². The van der Waals surface area contributed by atoms with Crippen LogP contribution in [0.2, 0.25) is 0 Å². The number of rotatable bonds is 4. The van der Waals surface area contributed by atoms with Gasteiger partial charge in [-0.1, -0.05) is 18.2 Å². The Hall–Kier alpha value is -4.46. The number of aryl methyl sites for hydroxylation is 1. The molecule has 2 N–H and O–H groups in total. The van der Waals surface area contributed by atoms with E-state index in [9.17, 15) is 14.4 Å². The number of aromatic amines is 1. The van der Waals surface area contributed by atoms with Gasteiger partial charge < -0.3 is 14.7 Å². The van der Waals surface area contributed by atoms with Crippen molar-refractivity contribution in [3.05, 3.63) is 99.0 Å². The summed E-state index contributed by atoms with van der Waals surface area (Å²) in [6.45, 7) is 4.02. The molecule has 33 heavy (non-hydrogen) atoms. The smallest absolute Gasteiger partial charge is 0.322 e. The summed E-state index contributed by atoms with van der Waals surface area (Å²) in [6, 6.07) is 16.1. The van der Waals surface area contributed by atoms with Crippen molar-refractivity contribution in [2.75, 3.05) is 5.32 Å². The van der Waals surface area contributed by atoms with E-state index in [4.69, 9.17) is 4.98 Å². The van der Waals surface area contributed by atoms with E-state index in [2.05, 4.69) is 10.3 Å². The molecule has 2 aromatic carbocycles. The van der Waals surface area contributed by atoms with E-state index in [1.807, 2.05) is 60.1 Å². The van der Waals surface area contributed by atoms with Crippen molar-refractivity contribution in [3.63, 3.8) is 0 Å². The number of imidazole rings is 1. The largest absolute Gasteiger partial charge is 0.328 e. The number of H-pyrrole nitrogens is 1. The minimum absolute atomic E-state index is 0.275. The first-order valence-electron chi connectivity index (χ1n) is 10.6. The zero-order chi connectivity index (χ0) is 23.1. The Balaban J connectivity index is 1.39. The minimum Gasteiger partial charge on any atom is -0.322 e. The number of amides is 1. The SMILES string of the molecule is CCn1c(=O)[nH]c2cc(C(=O)Nc3ccc(-c4cn5cccc(C)c5n4)cc3)ccc2c1=O. The van der Waals surface area contributed by atoms with Crippen molar-refractivity contribution in [1.29, 1.82) is 0 Å². The summed E-state index contributed by atoms with van der Waals surface area (Å²) in [4.78, 5) is 44.6. The van der Waals surface area contributed by atoms with Gasteiger partial charge in [0.25, 0.3) is 11.5 Å². The summed E-state index contributed by atoms with van der Waals surface area (Å²) in [7, 11) is 0. The summed E-state index contributed by atoms with van der Waals surface area (Å²) in [5, 5.41) is 3.21. The second-order valence-corrected chi connectivity index (χ2v) is 7.82. The maximum Gasteiger partial charge on any atom is 0.328 e. The molecule has 0 radical (unpaired) electrons. The van der Waals surface area contributed by atoms with Gasteiger partial charge in [0.05, 0.1) is 16.6 Å². The maximum atomic E-state index is 12.8. The second kappa shape index (κ2) is 7.90. The Morgan fingerprint density at radius 1 is 1.09 bits per heavy atom. The molecule has 164 valence electrons. The molecule has 0 aliphatic heterocycles. The van der Waals surface area contributed by atoms with Crippen LogP contribution >= 0.6 is 0 Å². The van der Waals surface area contributed by atoms with Gasteiger partial charge in [0.2, 0.25) is 0 Å². The van der Waals surface area contributed by atoms with Crippen molar-refractivity contribution in [2.24, 2.45) is 0 Å². The average molecular weight is 439 g/mol. The molecule has 3 heterocycles. The number of aromatic nitrogens is 4. The van der Waals surface area contributed by atoms with Crippen molar-refractivity contribution < 1.29 is 4.79 Å². The van der Waals surface area contributed by atoms with E-state index < -0.39 is 5.69 Å². The molecule has 0 aliphatic rings. The van der Waals surface area contributed by atoms with Crippen LogP contribution in [0.1, 0.15) is 22.8 Å². The van der Waals surface area contributed by atoms with E-state index in [0.717, 1.165) is 27.0 Å². The van der Waals surface area contributed by atoms with E-state index >= 15 is 0 Å². The number of benzene rings is 2. The third kappa shape index (κ3) is 3.61. The highest BCUT2D eigenvalue weighted by atomic mass is 16.2. The van der Waals surface area contributed by atoms with Crippen LogP contribution in [0.15, 0.2) is 76.6 Å². The van der Waals surface area contributed by atoms with Gasteiger partial charge in [-0.2, -0.15) is 0 Å². The van der Waals surface area contributed by atoms with Gasteiger partial charge in [0.15, 0.2) is 0 Å². The van der Waals surface area contributed by atoms with Crippen molar-refractivity contribution in [3.8, 4) is 11.3 Å². The molecule has 0 saturated heterocycles. The summed E-state index contributed by atoms with van der Waals surface area (Å²) >= 11 is 0. The van der Waals surface area contributed by atoms with Crippen LogP contribution in [0, 0.1) is 6.92 Å². The first-order valence-corrected chi connectivity index (χ1v) is 10.6. The molecule has 0 aliphatic carbocycles. The van der Waals surface area contributed by atoms with E-state index in [-0.39, 0.29) is 18.0 Å². The van der Waals surface area contributed by atoms with Crippen LogP contribution < -0.4 is 16.6 Å². The van der Waals surface area contributed by atoms with Crippen LogP contribution in [0.4, 0.5) is 5.69 Å². The number of nitrogens with zero attached hydrogens (tertiary/aromatic N) is 3. The minimum atomic E-state index is -0.495. The predicted octanol–water partition coefficient (Wildman–Crippen LogP) is 3.59. The summed E-state index contributed by atoms with van der Waals surface area (Å²) in [6.07, 6.45) is 3.93. The van der Waals surface area contributed by atoms with Crippen LogP contribution in [-0.2, 0) is 6.54 Å². The summed E-state index contributed by atoms with van der Waals surface area (Å²) in [5.74, 6) is -0.339. The molecule has 0 fully saturated rings. The van der Waals surface area contributed by atoms with E-state index in [1.54, 1.807) is 19.1 Å². The molecule has 8 heteroatoms. The Morgan fingerprint density at radius 3 is 2.61 bits per heavy atom. The Kier molecular flexibility index (Phi) is 4.90. The lowest BCUT2D eigenvalue weighted by atomic mass is 10.1. The monoisotopic (exact) mass is 439 g/mol. The second-order valence-electron chi connectivity index (χ2n) is 7.82. The normalized spacial score (nSPS) is 11.2. The molecule has 3 aromatic heterocycles. The number of pyridine rings is 1. The van der Waals surface area contributed by atoms with Gasteiger partial charge in [0, 0.05) is 35.8 Å². The molecule has 0 spiro atoms. The number of carbonyl (C=O) groups is 1. The van der Waals surface area contributed by atoms with Crippen LogP contribution in [-0.4, -0.2) is 24.8 Å². The summed E-state index contributed by atoms with van der Waals surface area (Å²) < 4.78 is 3.10. The molecule has 1 amide bonds. The van der Waals surface area contributed by atoms with Crippen LogP contribution in [0.3, 0.4) is 0 Å². The summed E-state index contributed by atoms with van der Waals surface area (Å²) in [5.41, 5.74) is 4.21. The van der Waals surface area contributed by atoms with Gasteiger partial charge in [-0.05, 0) is 55.8 Å². The van der Waals surface area contributed by atoms with Gasteiger partial charge in [-0.15, -0.1) is 0 Å². The maximum absolute atomic E-state index is 12.8. The first kappa shape index (κ1) is 20.4. The number of hydrogen-bond donors (Lipinski definition) is 2. The van der Waals surface area contributed by atoms with Crippen molar-refractivity contribution >= 4 is 28.1 Å². The lowest BCUT2D eigenvalue weighted by Crippen LogP contribution is -2.34. The molecule has 5 rings (SSSR count). The molecular weight excluding hydrogens is 418 g/mol. The molecule has 0 saturated carbocycles. The fraction of sp³-hybridized carbons (Fsp3) is 0.120. The molecule has 0 bridgehead atoms. The van der Waals surface area contributed by atoms with Crippen molar-refractivity contribution in [1.82, 2.24) is 18.9 Å². The lowest BCUT2D eigenvalue weighted by Gasteiger charge is -2.08. The average Bonchev–Trinajstić information content (AvgIpc) is 3.25. The number of nitrogens with one attached hydrogen (secondary N) is 2.